The Hall–Kier alpha value is -2.94. The molecule has 3 aliphatic rings. The minimum atomic E-state index is -0.548. The van der Waals surface area contributed by atoms with Crippen LogP contribution in [0.3, 0.4) is 0 Å². The molecule has 1 aromatic carbocycles. The zero-order valence-corrected chi connectivity index (χ0v) is 17.4. The number of hydrogen-bond donors (Lipinski definition) is 2. The first kappa shape index (κ1) is 19.4. The molecule has 2 atom stereocenters. The number of rotatable bonds is 5. The van der Waals surface area contributed by atoms with E-state index < -0.39 is 18.2 Å². The van der Waals surface area contributed by atoms with Gasteiger partial charge < -0.3 is 19.9 Å². The van der Waals surface area contributed by atoms with Crippen LogP contribution < -0.4 is 15.4 Å². The normalized spacial score (nSPS) is 23.2. The minimum Gasteiger partial charge on any atom is -0.495 e. The number of benzene rings is 1. The summed E-state index contributed by atoms with van der Waals surface area (Å²) >= 11 is 6.09. The van der Waals surface area contributed by atoms with Gasteiger partial charge in [-0.15, -0.1) is 0 Å². The molecule has 2 N–H and O–H groups in total. The van der Waals surface area contributed by atoms with Crippen molar-refractivity contribution < 1.29 is 14.3 Å². The molecule has 1 saturated heterocycles. The van der Waals surface area contributed by atoms with E-state index in [-0.39, 0.29) is 5.91 Å². The minimum absolute atomic E-state index is 0.326. The number of guanidine groups is 1. The number of anilines is 1. The van der Waals surface area contributed by atoms with Gasteiger partial charge in [0.25, 0.3) is 5.91 Å². The fraction of sp³-hybridized carbons (Fsp3) is 0.421. The lowest BCUT2D eigenvalue weighted by Crippen LogP contribution is -2.63. The van der Waals surface area contributed by atoms with Crippen LogP contribution in [0, 0.1) is 0 Å². The third-order valence-electron chi connectivity index (χ3n) is 5.58. The molecule has 3 aliphatic heterocycles. The predicted octanol–water partition coefficient (Wildman–Crippen LogP) is 1.88. The van der Waals surface area contributed by atoms with Crippen LogP contribution in [0.15, 0.2) is 34.6 Å². The standard InChI is InChI=1S/C19H23ClN6O3/c1-10-11(2)26-15-16(24(3)19(28)23-17(15)27)22-18(26)25(10)8-7-21-13-9-12(20)5-6-14(13)29-4/h5-6,9,15-16,21H,7-8H2,1-4H3,(H,23,27,28). The summed E-state index contributed by atoms with van der Waals surface area (Å²) in [6.07, 6.45) is -0.530. The number of amides is 3. The molecule has 4 rings (SSSR count). The first-order chi connectivity index (χ1) is 13.8. The number of methoxy groups -OCH3 is 1. The maximum atomic E-state index is 12.5. The number of urea groups is 1. The summed E-state index contributed by atoms with van der Waals surface area (Å²) in [6, 6.07) is 4.43. The monoisotopic (exact) mass is 418 g/mol. The Morgan fingerprint density at radius 1 is 1.28 bits per heavy atom. The molecule has 1 fully saturated rings. The molecule has 3 amide bonds. The molecule has 29 heavy (non-hydrogen) atoms. The van der Waals surface area contributed by atoms with Crippen molar-refractivity contribution >= 4 is 35.2 Å². The topological polar surface area (TPSA) is 89.5 Å². The largest absolute Gasteiger partial charge is 0.495 e. The van der Waals surface area contributed by atoms with E-state index in [9.17, 15) is 9.59 Å². The summed E-state index contributed by atoms with van der Waals surface area (Å²) in [6.45, 7) is 5.18. The van der Waals surface area contributed by atoms with Gasteiger partial charge in [-0.05, 0) is 32.0 Å². The van der Waals surface area contributed by atoms with E-state index in [4.69, 9.17) is 21.3 Å². The lowest BCUT2D eigenvalue weighted by Gasteiger charge is -2.35. The maximum Gasteiger partial charge on any atom is 0.325 e. The molecule has 0 spiro atoms. The van der Waals surface area contributed by atoms with Crippen LogP contribution in [0.1, 0.15) is 13.8 Å². The summed E-state index contributed by atoms with van der Waals surface area (Å²) in [5.41, 5.74) is 2.78. The number of imide groups is 1. The number of likely N-dealkylation sites (N-methyl/N-ethyl adjacent to an activating group) is 1. The average Bonchev–Trinajstić information content (AvgIpc) is 3.18. The van der Waals surface area contributed by atoms with Crippen molar-refractivity contribution in [1.82, 2.24) is 20.0 Å². The molecule has 0 radical (unpaired) electrons. The highest BCUT2D eigenvalue weighted by Crippen LogP contribution is 2.36. The summed E-state index contributed by atoms with van der Waals surface area (Å²) in [5.74, 6) is 1.07. The van der Waals surface area contributed by atoms with Crippen molar-refractivity contribution in [2.75, 3.05) is 32.6 Å². The Morgan fingerprint density at radius 3 is 2.76 bits per heavy atom. The van der Waals surface area contributed by atoms with Gasteiger partial charge in [-0.3, -0.25) is 15.0 Å². The number of nitrogens with one attached hydrogen (secondary N) is 2. The summed E-state index contributed by atoms with van der Waals surface area (Å²) < 4.78 is 5.37. The zero-order valence-electron chi connectivity index (χ0n) is 16.7. The molecule has 1 aromatic rings. The van der Waals surface area contributed by atoms with Crippen LogP contribution in [0.4, 0.5) is 10.5 Å². The van der Waals surface area contributed by atoms with Crippen molar-refractivity contribution in [3.05, 3.63) is 34.6 Å². The third kappa shape index (κ3) is 3.05. The molecular weight excluding hydrogens is 396 g/mol. The molecule has 154 valence electrons. The Balaban J connectivity index is 1.52. The Bertz CT molecular complexity index is 946. The van der Waals surface area contributed by atoms with Gasteiger partial charge in [-0.25, -0.2) is 9.79 Å². The van der Waals surface area contributed by atoms with Crippen molar-refractivity contribution in [2.24, 2.45) is 4.99 Å². The highest BCUT2D eigenvalue weighted by Gasteiger charge is 2.52. The SMILES string of the molecule is COc1ccc(Cl)cc1NCCN1C2=NC3C(C(=O)NC(=O)N3C)N2C(C)=C1C. The van der Waals surface area contributed by atoms with Crippen LogP contribution in [-0.4, -0.2) is 72.1 Å². The number of aliphatic imine (C=N–C) groups is 1. The van der Waals surface area contributed by atoms with Crippen molar-refractivity contribution in [3.63, 3.8) is 0 Å². The molecule has 9 nitrogen and oxygen atoms in total. The molecular formula is C19H23ClN6O3. The van der Waals surface area contributed by atoms with Gasteiger partial charge in [0.15, 0.2) is 12.2 Å². The van der Waals surface area contributed by atoms with E-state index in [0.29, 0.717) is 29.8 Å². The van der Waals surface area contributed by atoms with Gasteiger partial charge in [0.1, 0.15) is 5.75 Å². The zero-order chi connectivity index (χ0) is 20.9. The van der Waals surface area contributed by atoms with Gasteiger partial charge >= 0.3 is 6.03 Å². The quantitative estimate of drug-likeness (QED) is 0.758. The number of nitrogens with zero attached hydrogens (tertiary/aromatic N) is 4. The van der Waals surface area contributed by atoms with E-state index in [1.165, 1.54) is 4.90 Å². The first-order valence-electron chi connectivity index (χ1n) is 9.30. The van der Waals surface area contributed by atoms with Crippen molar-refractivity contribution in [3.8, 4) is 5.75 Å². The van der Waals surface area contributed by atoms with Crippen LogP contribution in [0.25, 0.3) is 0 Å². The van der Waals surface area contributed by atoms with E-state index in [2.05, 4.69) is 15.5 Å². The molecule has 0 saturated carbocycles. The number of carbonyl (C=O) groups excluding carboxylic acids is 2. The fourth-order valence-corrected chi connectivity index (χ4v) is 4.09. The predicted molar refractivity (Wildman–Crippen MR) is 110 cm³/mol. The smallest absolute Gasteiger partial charge is 0.325 e. The second-order valence-corrected chi connectivity index (χ2v) is 7.59. The number of ether oxygens (including phenoxy) is 1. The number of hydrogen-bond acceptors (Lipinski definition) is 7. The molecule has 3 heterocycles. The average molecular weight is 419 g/mol. The number of allylic oxidation sites excluding steroid dienone is 2. The van der Waals surface area contributed by atoms with Gasteiger partial charge in [0.05, 0.1) is 12.8 Å². The fourth-order valence-electron chi connectivity index (χ4n) is 3.91. The number of halogens is 1. The van der Waals surface area contributed by atoms with Gasteiger partial charge in [0, 0.05) is 36.6 Å². The van der Waals surface area contributed by atoms with E-state index in [1.54, 1.807) is 20.2 Å². The van der Waals surface area contributed by atoms with Gasteiger partial charge in [-0.2, -0.15) is 0 Å². The van der Waals surface area contributed by atoms with Crippen LogP contribution >= 0.6 is 11.6 Å². The lowest BCUT2D eigenvalue weighted by molar-refractivity contribution is -0.126. The third-order valence-corrected chi connectivity index (χ3v) is 5.82. The molecule has 0 bridgehead atoms. The van der Waals surface area contributed by atoms with E-state index >= 15 is 0 Å². The molecule has 10 heteroatoms. The Morgan fingerprint density at radius 2 is 2.03 bits per heavy atom. The lowest BCUT2D eigenvalue weighted by atomic mass is 10.1. The van der Waals surface area contributed by atoms with Crippen LogP contribution in [0.2, 0.25) is 5.02 Å². The highest BCUT2D eigenvalue weighted by atomic mass is 35.5. The number of carbonyl (C=O) groups is 2. The Labute approximate surface area is 173 Å². The van der Waals surface area contributed by atoms with Crippen molar-refractivity contribution in [1.29, 1.82) is 0 Å². The molecule has 2 unspecified atom stereocenters. The highest BCUT2D eigenvalue weighted by molar-refractivity contribution is 6.30. The summed E-state index contributed by atoms with van der Waals surface area (Å²) in [7, 11) is 3.26. The first-order valence-corrected chi connectivity index (χ1v) is 9.68. The molecule has 0 aliphatic carbocycles. The van der Waals surface area contributed by atoms with Gasteiger partial charge in [0.2, 0.25) is 5.96 Å². The second kappa shape index (κ2) is 7.14. The van der Waals surface area contributed by atoms with Crippen LogP contribution in [0.5, 0.6) is 5.75 Å². The molecule has 0 aromatic heterocycles. The van der Waals surface area contributed by atoms with Gasteiger partial charge in [-0.1, -0.05) is 11.6 Å². The Kier molecular flexibility index (Phi) is 4.77. The maximum absolute atomic E-state index is 12.5. The summed E-state index contributed by atoms with van der Waals surface area (Å²) in [5, 5.41) is 6.36. The summed E-state index contributed by atoms with van der Waals surface area (Å²) in [4.78, 5) is 34.6. The van der Waals surface area contributed by atoms with Crippen LogP contribution in [-0.2, 0) is 4.79 Å². The second-order valence-electron chi connectivity index (χ2n) is 7.16. The van der Waals surface area contributed by atoms with E-state index in [0.717, 1.165) is 17.1 Å². The van der Waals surface area contributed by atoms with E-state index in [1.807, 2.05) is 30.9 Å². The van der Waals surface area contributed by atoms with Crippen molar-refractivity contribution in [2.45, 2.75) is 26.1 Å². The number of fused-ring (bicyclic) bond motifs is 3.